The summed E-state index contributed by atoms with van der Waals surface area (Å²) in [5, 5.41) is 14.4. The maximum atomic E-state index is 11.3. The molecule has 0 spiro atoms. The number of nitro groups is 1. The van der Waals surface area contributed by atoms with E-state index in [4.69, 9.17) is 0 Å². The van der Waals surface area contributed by atoms with Gasteiger partial charge in [-0.3, -0.25) is 10.1 Å². The standard InChI is InChI=1S/C13H21N5O2/c1-4-6-14-13-15-10(3)11(18(19)20)12(16-13)17-7-5-9(2)8-17/h9H,4-8H2,1-3H3,(H,14,15,16). The van der Waals surface area contributed by atoms with Gasteiger partial charge in [0, 0.05) is 19.6 Å². The summed E-state index contributed by atoms with van der Waals surface area (Å²) in [5.41, 5.74) is 0.444. The van der Waals surface area contributed by atoms with Crippen LogP contribution in [0.3, 0.4) is 0 Å². The van der Waals surface area contributed by atoms with Crippen LogP contribution in [0.25, 0.3) is 0 Å². The Labute approximate surface area is 118 Å². The molecule has 0 radical (unpaired) electrons. The molecule has 110 valence electrons. The summed E-state index contributed by atoms with van der Waals surface area (Å²) in [6.45, 7) is 8.24. The SMILES string of the molecule is CCCNc1nc(C)c([N+](=O)[O-])c(N2CCC(C)C2)n1. The molecule has 0 aromatic carbocycles. The van der Waals surface area contributed by atoms with Crippen molar-refractivity contribution in [1.82, 2.24) is 9.97 Å². The average molecular weight is 279 g/mol. The Bertz CT molecular complexity index is 506. The molecular formula is C13H21N5O2. The van der Waals surface area contributed by atoms with Crippen molar-refractivity contribution in [2.75, 3.05) is 29.9 Å². The maximum Gasteiger partial charge on any atom is 0.332 e. The number of rotatable bonds is 5. The number of hydrogen-bond donors (Lipinski definition) is 1. The van der Waals surface area contributed by atoms with E-state index in [9.17, 15) is 10.1 Å². The van der Waals surface area contributed by atoms with Crippen LogP contribution in [0.2, 0.25) is 0 Å². The zero-order valence-corrected chi connectivity index (χ0v) is 12.2. The third-order valence-electron chi connectivity index (χ3n) is 3.48. The highest BCUT2D eigenvalue weighted by Gasteiger charge is 2.30. The quantitative estimate of drug-likeness (QED) is 0.658. The molecule has 1 aliphatic heterocycles. The smallest absolute Gasteiger partial charge is 0.332 e. The lowest BCUT2D eigenvalue weighted by atomic mass is 10.2. The summed E-state index contributed by atoms with van der Waals surface area (Å²) < 4.78 is 0. The van der Waals surface area contributed by atoms with Crippen LogP contribution in [0.4, 0.5) is 17.5 Å². The largest absolute Gasteiger partial charge is 0.354 e. The molecule has 1 fully saturated rings. The van der Waals surface area contributed by atoms with Crippen LogP contribution in [-0.4, -0.2) is 34.5 Å². The summed E-state index contributed by atoms with van der Waals surface area (Å²) in [5.74, 6) is 1.46. The second kappa shape index (κ2) is 6.02. The fraction of sp³-hybridized carbons (Fsp3) is 0.692. The van der Waals surface area contributed by atoms with Crippen molar-refractivity contribution in [2.45, 2.75) is 33.6 Å². The minimum atomic E-state index is -0.378. The highest BCUT2D eigenvalue weighted by atomic mass is 16.6. The third kappa shape index (κ3) is 2.97. The Balaban J connectivity index is 2.39. The van der Waals surface area contributed by atoms with E-state index in [-0.39, 0.29) is 10.6 Å². The number of nitrogens with zero attached hydrogens (tertiary/aromatic N) is 4. The first-order chi connectivity index (χ1) is 9.52. The van der Waals surface area contributed by atoms with Gasteiger partial charge in [-0.25, -0.2) is 4.98 Å². The van der Waals surface area contributed by atoms with Gasteiger partial charge in [-0.05, 0) is 25.7 Å². The fourth-order valence-electron chi connectivity index (χ4n) is 2.43. The van der Waals surface area contributed by atoms with Gasteiger partial charge in [0.15, 0.2) is 0 Å². The van der Waals surface area contributed by atoms with Crippen LogP contribution in [0, 0.1) is 23.0 Å². The molecule has 0 amide bonds. The van der Waals surface area contributed by atoms with Gasteiger partial charge in [0.25, 0.3) is 0 Å². The van der Waals surface area contributed by atoms with E-state index in [2.05, 4.69) is 22.2 Å². The first kappa shape index (κ1) is 14.5. The number of nitrogens with one attached hydrogen (secondary N) is 1. The van der Waals surface area contributed by atoms with E-state index in [0.717, 1.165) is 32.5 Å². The van der Waals surface area contributed by atoms with Gasteiger partial charge in [0.1, 0.15) is 5.69 Å². The van der Waals surface area contributed by atoms with E-state index < -0.39 is 0 Å². The Hall–Kier alpha value is -1.92. The Kier molecular flexibility index (Phi) is 4.36. The first-order valence-corrected chi connectivity index (χ1v) is 7.04. The van der Waals surface area contributed by atoms with E-state index >= 15 is 0 Å². The molecule has 0 saturated carbocycles. The molecule has 0 aliphatic carbocycles. The van der Waals surface area contributed by atoms with Crippen molar-refractivity contribution < 1.29 is 4.92 Å². The van der Waals surface area contributed by atoms with Gasteiger partial charge in [-0.15, -0.1) is 0 Å². The van der Waals surface area contributed by atoms with Gasteiger partial charge in [0.05, 0.1) is 4.92 Å². The lowest BCUT2D eigenvalue weighted by Crippen LogP contribution is -2.23. The highest BCUT2D eigenvalue weighted by molar-refractivity contribution is 5.62. The zero-order valence-electron chi connectivity index (χ0n) is 12.2. The van der Waals surface area contributed by atoms with Crippen molar-refractivity contribution in [1.29, 1.82) is 0 Å². The molecule has 20 heavy (non-hydrogen) atoms. The van der Waals surface area contributed by atoms with Crippen LogP contribution in [-0.2, 0) is 0 Å². The van der Waals surface area contributed by atoms with Crippen molar-refractivity contribution in [3.05, 3.63) is 15.8 Å². The van der Waals surface area contributed by atoms with Gasteiger partial charge in [-0.1, -0.05) is 13.8 Å². The van der Waals surface area contributed by atoms with Crippen LogP contribution in [0.15, 0.2) is 0 Å². The second-order valence-electron chi connectivity index (χ2n) is 5.33. The van der Waals surface area contributed by atoms with Gasteiger partial charge >= 0.3 is 5.69 Å². The minimum absolute atomic E-state index is 0.0288. The molecule has 1 saturated heterocycles. The van der Waals surface area contributed by atoms with Crippen LogP contribution in [0.5, 0.6) is 0 Å². The molecule has 1 atom stereocenters. The number of hydrogen-bond acceptors (Lipinski definition) is 6. The minimum Gasteiger partial charge on any atom is -0.354 e. The Morgan fingerprint density at radius 2 is 2.25 bits per heavy atom. The number of aromatic nitrogens is 2. The van der Waals surface area contributed by atoms with Crippen molar-refractivity contribution in [3.8, 4) is 0 Å². The van der Waals surface area contributed by atoms with Crippen LogP contribution >= 0.6 is 0 Å². The summed E-state index contributed by atoms with van der Waals surface area (Å²) in [7, 11) is 0. The lowest BCUT2D eigenvalue weighted by Gasteiger charge is -2.18. The third-order valence-corrected chi connectivity index (χ3v) is 3.48. The monoisotopic (exact) mass is 279 g/mol. The molecule has 1 aromatic heterocycles. The molecule has 7 heteroatoms. The normalized spacial score (nSPS) is 18.4. The average Bonchev–Trinajstić information content (AvgIpc) is 2.81. The summed E-state index contributed by atoms with van der Waals surface area (Å²) in [6, 6.07) is 0. The molecule has 2 rings (SSSR count). The van der Waals surface area contributed by atoms with Gasteiger partial charge in [0.2, 0.25) is 11.8 Å². The van der Waals surface area contributed by atoms with E-state index in [1.165, 1.54) is 0 Å². The summed E-state index contributed by atoms with van der Waals surface area (Å²) >= 11 is 0. The molecule has 1 unspecified atom stereocenters. The molecule has 1 aliphatic rings. The predicted molar refractivity (Wildman–Crippen MR) is 78.2 cm³/mol. The van der Waals surface area contributed by atoms with Gasteiger partial charge < -0.3 is 10.2 Å². The molecule has 0 bridgehead atoms. The number of anilines is 2. The Morgan fingerprint density at radius 1 is 1.50 bits per heavy atom. The van der Waals surface area contributed by atoms with E-state index in [1.807, 2.05) is 11.8 Å². The van der Waals surface area contributed by atoms with E-state index in [0.29, 0.717) is 23.4 Å². The lowest BCUT2D eigenvalue weighted by molar-refractivity contribution is -0.385. The molecule has 1 N–H and O–H groups in total. The number of aryl methyl sites for hydroxylation is 1. The molecular weight excluding hydrogens is 258 g/mol. The van der Waals surface area contributed by atoms with E-state index in [1.54, 1.807) is 6.92 Å². The van der Waals surface area contributed by atoms with Gasteiger partial charge in [-0.2, -0.15) is 4.98 Å². The fourth-order valence-corrected chi connectivity index (χ4v) is 2.43. The van der Waals surface area contributed by atoms with Crippen molar-refractivity contribution in [3.63, 3.8) is 0 Å². The predicted octanol–water partition coefficient (Wildman–Crippen LogP) is 2.36. The summed E-state index contributed by atoms with van der Waals surface area (Å²) in [6.07, 6.45) is 1.99. The van der Waals surface area contributed by atoms with Crippen LogP contribution < -0.4 is 10.2 Å². The maximum absolute atomic E-state index is 11.3. The first-order valence-electron chi connectivity index (χ1n) is 7.04. The highest BCUT2D eigenvalue weighted by Crippen LogP contribution is 2.33. The Morgan fingerprint density at radius 3 is 2.80 bits per heavy atom. The topological polar surface area (TPSA) is 84.2 Å². The van der Waals surface area contributed by atoms with Crippen LogP contribution in [0.1, 0.15) is 32.4 Å². The second-order valence-corrected chi connectivity index (χ2v) is 5.33. The molecule has 2 heterocycles. The van der Waals surface area contributed by atoms with Crippen molar-refractivity contribution >= 4 is 17.5 Å². The molecule has 1 aromatic rings. The molecule has 7 nitrogen and oxygen atoms in total. The zero-order chi connectivity index (χ0) is 14.7. The summed E-state index contributed by atoms with van der Waals surface area (Å²) in [4.78, 5) is 21.5. The van der Waals surface area contributed by atoms with Crippen molar-refractivity contribution in [2.24, 2.45) is 5.92 Å².